The fourth-order valence-corrected chi connectivity index (χ4v) is 2.77. The molecule has 9 heteroatoms. The fraction of sp³-hybridized carbons (Fsp3) is 0.429. The van der Waals surface area contributed by atoms with Crippen molar-refractivity contribution in [3.8, 4) is 0 Å². The van der Waals surface area contributed by atoms with E-state index in [1.165, 1.54) is 0 Å². The van der Waals surface area contributed by atoms with Crippen LogP contribution in [0.3, 0.4) is 0 Å². The predicted molar refractivity (Wildman–Crippen MR) is 78.8 cm³/mol. The average molecular weight is 354 g/mol. The quantitative estimate of drug-likeness (QED) is 0.348. The van der Waals surface area contributed by atoms with Gasteiger partial charge >= 0.3 is 41.5 Å². The second kappa shape index (κ2) is 10.0. The van der Waals surface area contributed by atoms with E-state index in [2.05, 4.69) is 0 Å². The van der Waals surface area contributed by atoms with Crippen LogP contribution in [0.25, 0.3) is 0 Å². The molecule has 0 aliphatic rings. The molecule has 0 aromatic heterocycles. The summed E-state index contributed by atoms with van der Waals surface area (Å²) in [6, 6.07) is 2.66. The van der Waals surface area contributed by atoms with E-state index in [-0.39, 0.29) is 37.6 Å². The molecule has 0 unspecified atom stereocenters. The Kier molecular flexibility index (Phi) is 9.64. The summed E-state index contributed by atoms with van der Waals surface area (Å²) in [5.41, 5.74) is -0.846. The van der Waals surface area contributed by atoms with Gasteiger partial charge in [-0.25, -0.2) is 9.59 Å². The zero-order chi connectivity index (χ0) is 16.8. The zero-order valence-electron chi connectivity index (χ0n) is 14.1. The molecule has 0 atom stereocenters. The van der Waals surface area contributed by atoms with Crippen LogP contribution in [0.4, 0.5) is 0 Å². The summed E-state index contributed by atoms with van der Waals surface area (Å²) in [5, 5.41) is 17.9. The summed E-state index contributed by atoms with van der Waals surface area (Å²) in [4.78, 5) is 21.4. The number of carbonyl (C=O) groups is 2. The van der Waals surface area contributed by atoms with Crippen LogP contribution in [0.15, 0.2) is 23.1 Å². The topological polar surface area (TPSA) is 118 Å². The van der Waals surface area contributed by atoms with Crippen LogP contribution in [-0.2, 0) is 14.3 Å². The van der Waals surface area contributed by atoms with Crippen molar-refractivity contribution in [2.75, 3.05) is 6.61 Å². The van der Waals surface area contributed by atoms with E-state index in [0.29, 0.717) is 6.42 Å². The minimum Gasteiger partial charge on any atom is -1.00 e. The van der Waals surface area contributed by atoms with Gasteiger partial charge in [0.15, 0.2) is 0 Å². The molecule has 0 bridgehead atoms. The normalized spacial score (nSPS) is 10.8. The molecule has 2 N–H and O–H groups in total. The Morgan fingerprint density at radius 3 is 2.00 bits per heavy atom. The first-order chi connectivity index (χ1) is 10.3. The molecule has 0 saturated heterocycles. The molecule has 124 valence electrons. The van der Waals surface area contributed by atoms with E-state index >= 15 is 0 Å². The van der Waals surface area contributed by atoms with Crippen LogP contribution in [0, 0.1) is 0 Å². The number of hydrogen-bond donors (Lipinski definition) is 2. The Morgan fingerprint density at radius 1 is 1.04 bits per heavy atom. The van der Waals surface area contributed by atoms with Gasteiger partial charge in [0.1, 0.15) is 0 Å². The first-order valence-electron chi connectivity index (χ1n) is 6.79. The minimum absolute atomic E-state index is 0. The van der Waals surface area contributed by atoms with E-state index in [4.69, 9.17) is 14.4 Å². The summed E-state index contributed by atoms with van der Waals surface area (Å²) in [7, 11) is -4.19. The van der Waals surface area contributed by atoms with E-state index < -0.39 is 38.1 Å². The van der Waals surface area contributed by atoms with Crippen LogP contribution in [-0.4, -0.2) is 37.2 Å². The number of carboxylic acid groups (broad SMARTS) is 2. The largest absolute Gasteiger partial charge is 1.00 e. The van der Waals surface area contributed by atoms with Crippen molar-refractivity contribution in [3.05, 3.63) is 29.3 Å². The molecule has 0 saturated carbocycles. The summed E-state index contributed by atoms with van der Waals surface area (Å²) in [5.74, 6) is -2.83. The molecule has 0 amide bonds. The van der Waals surface area contributed by atoms with Gasteiger partial charge in [-0.1, -0.05) is 26.2 Å². The standard InChI is InChI=1S/C14H18O7S.Na.H/c1-2-3-4-5-6-21-22(19,20)12-8-10(13(15)16)7-11(9-12)14(17)18;;/h7-9H,2-6H2,1H3,(H,15,16)(H,17,18);;/q;+1;-1. The maximum absolute atomic E-state index is 12.0. The molecule has 0 heterocycles. The smallest absolute Gasteiger partial charge is 1.00 e. The number of rotatable bonds is 9. The maximum atomic E-state index is 12.0. The van der Waals surface area contributed by atoms with Crippen molar-refractivity contribution in [3.63, 3.8) is 0 Å². The van der Waals surface area contributed by atoms with Gasteiger partial charge in [-0.2, -0.15) is 8.42 Å². The van der Waals surface area contributed by atoms with Crippen molar-refractivity contribution >= 4 is 22.1 Å². The molecule has 0 aliphatic heterocycles. The van der Waals surface area contributed by atoms with E-state index in [9.17, 15) is 18.0 Å². The predicted octanol–water partition coefficient (Wildman–Crippen LogP) is -0.515. The zero-order valence-corrected chi connectivity index (χ0v) is 15.9. The van der Waals surface area contributed by atoms with E-state index in [0.717, 1.165) is 37.5 Å². The molecule has 0 radical (unpaired) electrons. The van der Waals surface area contributed by atoms with Crippen molar-refractivity contribution in [1.29, 1.82) is 0 Å². The second-order valence-corrected chi connectivity index (χ2v) is 6.31. The average Bonchev–Trinajstić information content (AvgIpc) is 2.46. The molecule has 1 aromatic rings. The van der Waals surface area contributed by atoms with Gasteiger partial charge in [-0.05, 0) is 24.6 Å². The molecule has 7 nitrogen and oxygen atoms in total. The Labute approximate surface area is 158 Å². The van der Waals surface area contributed by atoms with Crippen molar-refractivity contribution in [2.45, 2.75) is 37.5 Å². The number of aromatic carboxylic acids is 2. The maximum Gasteiger partial charge on any atom is 1.00 e. The first-order valence-corrected chi connectivity index (χ1v) is 8.20. The third-order valence-electron chi connectivity index (χ3n) is 2.93. The molecular weight excluding hydrogens is 335 g/mol. The van der Waals surface area contributed by atoms with E-state index in [1.54, 1.807) is 0 Å². The third kappa shape index (κ3) is 7.01. The number of benzene rings is 1. The molecule has 0 spiro atoms. The van der Waals surface area contributed by atoms with Crippen LogP contribution in [0.1, 0.15) is 54.7 Å². The Bertz CT molecular complexity index is 629. The molecular formula is C14H19NaO7S. The van der Waals surface area contributed by atoms with Gasteiger partial charge in [0.25, 0.3) is 10.1 Å². The number of hydrogen-bond acceptors (Lipinski definition) is 5. The summed E-state index contributed by atoms with van der Waals surface area (Å²) in [6.07, 6.45) is 3.33. The molecule has 0 aliphatic carbocycles. The molecule has 1 aromatic carbocycles. The van der Waals surface area contributed by atoms with Gasteiger partial charge < -0.3 is 11.6 Å². The van der Waals surface area contributed by atoms with Crippen molar-refractivity contribution in [2.24, 2.45) is 0 Å². The number of carboxylic acids is 2. The van der Waals surface area contributed by atoms with Gasteiger partial charge in [-0.3, -0.25) is 4.18 Å². The summed E-state index contributed by atoms with van der Waals surface area (Å²) in [6.45, 7) is 1.99. The fourth-order valence-electron chi connectivity index (χ4n) is 1.76. The number of unbranched alkanes of at least 4 members (excludes halogenated alkanes) is 3. The summed E-state index contributed by atoms with van der Waals surface area (Å²) >= 11 is 0. The summed E-state index contributed by atoms with van der Waals surface area (Å²) < 4.78 is 28.8. The van der Waals surface area contributed by atoms with Crippen LogP contribution < -0.4 is 29.6 Å². The third-order valence-corrected chi connectivity index (χ3v) is 4.22. The second-order valence-electron chi connectivity index (χ2n) is 4.69. The van der Waals surface area contributed by atoms with Gasteiger partial charge in [0.05, 0.1) is 22.6 Å². The van der Waals surface area contributed by atoms with Crippen molar-refractivity contribution < 1.29 is 63.4 Å². The van der Waals surface area contributed by atoms with Crippen LogP contribution >= 0.6 is 0 Å². The first kappa shape index (κ1) is 22.1. The van der Waals surface area contributed by atoms with Crippen molar-refractivity contribution in [1.82, 2.24) is 0 Å². The van der Waals surface area contributed by atoms with Crippen LogP contribution in [0.5, 0.6) is 0 Å². The van der Waals surface area contributed by atoms with Crippen LogP contribution in [0.2, 0.25) is 0 Å². The molecule has 23 heavy (non-hydrogen) atoms. The molecule has 0 fully saturated rings. The van der Waals surface area contributed by atoms with Gasteiger partial charge in [-0.15, -0.1) is 0 Å². The molecule has 1 rings (SSSR count). The monoisotopic (exact) mass is 354 g/mol. The van der Waals surface area contributed by atoms with Gasteiger partial charge in [0.2, 0.25) is 0 Å². The van der Waals surface area contributed by atoms with Gasteiger partial charge in [0, 0.05) is 0 Å². The SMILES string of the molecule is CCCCCCOS(=O)(=O)c1cc(C(=O)O)cc(C(=O)O)c1.[H-].[Na+]. The Hall–Kier alpha value is -0.930. The minimum atomic E-state index is -4.19. The Morgan fingerprint density at radius 2 is 1.57 bits per heavy atom. The van der Waals surface area contributed by atoms with E-state index in [1.807, 2.05) is 6.92 Å². The Balaban J connectivity index is 0.